The van der Waals surface area contributed by atoms with E-state index in [1.165, 1.54) is 19.3 Å². The van der Waals surface area contributed by atoms with Crippen LogP contribution in [0.2, 0.25) is 0 Å². The topological polar surface area (TPSA) is 0 Å². The lowest BCUT2D eigenvalue weighted by Gasteiger charge is -2.40. The van der Waals surface area contributed by atoms with Crippen molar-refractivity contribution in [2.24, 2.45) is 29.1 Å². The molecule has 0 aliphatic heterocycles. The van der Waals surface area contributed by atoms with Gasteiger partial charge in [-0.15, -0.1) is 0 Å². The molecule has 72 valence electrons. The highest BCUT2D eigenvalue weighted by Gasteiger charge is 2.51. The summed E-state index contributed by atoms with van der Waals surface area (Å²) in [5, 5.41) is 0. The Hall–Kier alpha value is -0.260. The molecule has 4 unspecified atom stereocenters. The van der Waals surface area contributed by atoms with Crippen LogP contribution in [0.15, 0.2) is 11.6 Å². The fourth-order valence-corrected chi connectivity index (χ4v) is 4.12. The van der Waals surface area contributed by atoms with Crippen LogP contribution in [-0.2, 0) is 0 Å². The van der Waals surface area contributed by atoms with Gasteiger partial charge < -0.3 is 0 Å². The van der Waals surface area contributed by atoms with Crippen molar-refractivity contribution in [3.8, 4) is 0 Å². The second-order valence-electron chi connectivity index (χ2n) is 6.24. The molecule has 4 atom stereocenters. The monoisotopic (exact) mass is 176 g/mol. The van der Waals surface area contributed by atoms with E-state index in [1.807, 2.05) is 5.57 Å². The fraction of sp³-hybridized carbons (Fsp3) is 0.846. The lowest BCUT2D eigenvalue weighted by molar-refractivity contribution is 0.210. The van der Waals surface area contributed by atoms with Crippen LogP contribution in [0.4, 0.5) is 0 Å². The first-order chi connectivity index (χ1) is 6.07. The zero-order valence-electron chi connectivity index (χ0n) is 9.01. The second kappa shape index (κ2) is 2.21. The molecule has 3 aliphatic carbocycles. The van der Waals surface area contributed by atoms with E-state index in [2.05, 4.69) is 26.8 Å². The first-order valence-electron chi connectivity index (χ1n) is 5.78. The average Bonchev–Trinajstić information content (AvgIpc) is 2.17. The minimum absolute atomic E-state index is 0.494. The normalized spacial score (nSPS) is 50.8. The number of rotatable bonds is 0. The molecule has 0 spiro atoms. The van der Waals surface area contributed by atoms with E-state index in [0.717, 1.165) is 23.7 Å². The van der Waals surface area contributed by atoms with Gasteiger partial charge in [0.1, 0.15) is 0 Å². The van der Waals surface area contributed by atoms with E-state index < -0.39 is 0 Å². The Kier molecular flexibility index (Phi) is 1.38. The van der Waals surface area contributed by atoms with Crippen molar-refractivity contribution in [3.63, 3.8) is 0 Å². The number of hydrogen-bond acceptors (Lipinski definition) is 0. The Bertz CT molecular complexity index is 272. The Morgan fingerprint density at radius 2 is 2.15 bits per heavy atom. The minimum Gasteiger partial charge on any atom is -0.0793 e. The first-order valence-corrected chi connectivity index (χ1v) is 5.78. The molecule has 3 rings (SSSR count). The summed E-state index contributed by atoms with van der Waals surface area (Å²) in [6.07, 6.45) is 6.98. The predicted molar refractivity (Wildman–Crippen MR) is 55.3 cm³/mol. The van der Waals surface area contributed by atoms with E-state index in [9.17, 15) is 0 Å². The minimum atomic E-state index is 0.494. The maximum absolute atomic E-state index is 2.60. The zero-order chi connectivity index (χ0) is 9.22. The molecule has 2 saturated carbocycles. The lowest BCUT2D eigenvalue weighted by Crippen LogP contribution is -2.31. The van der Waals surface area contributed by atoms with Crippen LogP contribution in [0.3, 0.4) is 0 Å². The third kappa shape index (κ3) is 0.978. The SMILES string of the molecule is CC1C2CC3C(=CC(C)(C)C2)CC31. The Labute approximate surface area is 81.4 Å². The van der Waals surface area contributed by atoms with Gasteiger partial charge in [-0.2, -0.15) is 0 Å². The third-order valence-corrected chi connectivity index (χ3v) is 4.80. The molecule has 0 aromatic heterocycles. The van der Waals surface area contributed by atoms with E-state index in [-0.39, 0.29) is 0 Å². The van der Waals surface area contributed by atoms with Gasteiger partial charge in [-0.05, 0) is 48.3 Å². The molecular weight excluding hydrogens is 156 g/mol. The predicted octanol–water partition coefficient (Wildman–Crippen LogP) is 3.63. The number of fused-ring (bicyclic) bond motifs is 1. The fourth-order valence-electron chi connectivity index (χ4n) is 4.12. The molecule has 0 nitrogen and oxygen atoms in total. The second-order valence-corrected chi connectivity index (χ2v) is 6.24. The summed E-state index contributed by atoms with van der Waals surface area (Å²) in [4.78, 5) is 0. The first kappa shape index (κ1) is 8.08. The molecule has 2 bridgehead atoms. The van der Waals surface area contributed by atoms with Crippen molar-refractivity contribution in [1.82, 2.24) is 0 Å². The molecule has 2 fully saturated rings. The van der Waals surface area contributed by atoms with E-state index in [4.69, 9.17) is 0 Å². The smallest absolute Gasteiger partial charge is 0.0166 e. The van der Waals surface area contributed by atoms with Crippen molar-refractivity contribution in [3.05, 3.63) is 11.6 Å². The van der Waals surface area contributed by atoms with Crippen molar-refractivity contribution < 1.29 is 0 Å². The van der Waals surface area contributed by atoms with Crippen molar-refractivity contribution >= 4 is 0 Å². The average molecular weight is 176 g/mol. The van der Waals surface area contributed by atoms with Crippen LogP contribution >= 0.6 is 0 Å². The summed E-state index contributed by atoms with van der Waals surface area (Å²) in [6, 6.07) is 0. The van der Waals surface area contributed by atoms with Crippen molar-refractivity contribution in [1.29, 1.82) is 0 Å². The van der Waals surface area contributed by atoms with Gasteiger partial charge in [0, 0.05) is 0 Å². The molecule has 13 heavy (non-hydrogen) atoms. The number of allylic oxidation sites excluding steroid dienone is 2. The quantitative estimate of drug-likeness (QED) is 0.494. The highest BCUT2D eigenvalue weighted by atomic mass is 14.6. The molecular formula is C13H20. The molecule has 0 N–H and O–H groups in total. The van der Waals surface area contributed by atoms with Gasteiger partial charge >= 0.3 is 0 Å². The van der Waals surface area contributed by atoms with Crippen LogP contribution in [0.5, 0.6) is 0 Å². The highest BCUT2D eigenvalue weighted by Crippen LogP contribution is 2.61. The van der Waals surface area contributed by atoms with Gasteiger partial charge in [0.2, 0.25) is 0 Å². The zero-order valence-corrected chi connectivity index (χ0v) is 9.01. The van der Waals surface area contributed by atoms with E-state index in [1.54, 1.807) is 0 Å². The summed E-state index contributed by atoms with van der Waals surface area (Å²) >= 11 is 0. The maximum atomic E-state index is 2.60. The Morgan fingerprint density at radius 3 is 2.92 bits per heavy atom. The van der Waals surface area contributed by atoms with E-state index in [0.29, 0.717) is 5.41 Å². The van der Waals surface area contributed by atoms with Crippen LogP contribution < -0.4 is 0 Å². The van der Waals surface area contributed by atoms with Gasteiger partial charge in [0.05, 0.1) is 0 Å². The number of hydrogen-bond donors (Lipinski definition) is 0. The highest BCUT2D eigenvalue weighted by molar-refractivity contribution is 5.27. The molecule has 0 saturated heterocycles. The molecule has 0 aromatic carbocycles. The largest absolute Gasteiger partial charge is 0.0793 e. The van der Waals surface area contributed by atoms with Gasteiger partial charge in [0.25, 0.3) is 0 Å². The van der Waals surface area contributed by atoms with E-state index >= 15 is 0 Å². The van der Waals surface area contributed by atoms with Crippen molar-refractivity contribution in [2.45, 2.75) is 40.0 Å². The van der Waals surface area contributed by atoms with Crippen molar-refractivity contribution in [2.75, 3.05) is 0 Å². The lowest BCUT2D eigenvalue weighted by atomic mass is 9.64. The molecule has 0 heteroatoms. The summed E-state index contributed by atoms with van der Waals surface area (Å²) in [6.45, 7) is 7.33. The Balaban J connectivity index is 2.01. The molecule has 3 aliphatic rings. The van der Waals surface area contributed by atoms with Gasteiger partial charge in [-0.1, -0.05) is 32.4 Å². The molecule has 0 radical (unpaired) electrons. The van der Waals surface area contributed by atoms with Gasteiger partial charge in [-0.25, -0.2) is 0 Å². The van der Waals surface area contributed by atoms with Crippen LogP contribution in [-0.4, -0.2) is 0 Å². The third-order valence-electron chi connectivity index (χ3n) is 4.80. The standard InChI is InChI=1S/C13H20/c1-8-9-4-12-10(5-11(8)12)7-13(2,3)6-9/h7-9,11-12H,4-6H2,1-3H3. The van der Waals surface area contributed by atoms with Crippen LogP contribution in [0.25, 0.3) is 0 Å². The molecule has 0 aromatic rings. The molecule has 0 heterocycles. The summed E-state index contributed by atoms with van der Waals surface area (Å²) in [5.74, 6) is 4.14. The van der Waals surface area contributed by atoms with Gasteiger partial charge in [0.15, 0.2) is 0 Å². The Morgan fingerprint density at radius 1 is 1.38 bits per heavy atom. The van der Waals surface area contributed by atoms with Gasteiger partial charge in [-0.3, -0.25) is 0 Å². The van der Waals surface area contributed by atoms with Crippen LogP contribution in [0.1, 0.15) is 40.0 Å². The maximum Gasteiger partial charge on any atom is -0.0166 e. The summed E-state index contributed by atoms with van der Waals surface area (Å²) < 4.78 is 0. The molecule has 0 amide bonds. The summed E-state index contributed by atoms with van der Waals surface area (Å²) in [5.41, 5.74) is 2.30. The summed E-state index contributed by atoms with van der Waals surface area (Å²) in [7, 11) is 0. The van der Waals surface area contributed by atoms with Crippen LogP contribution in [0, 0.1) is 29.1 Å².